The van der Waals surface area contributed by atoms with Crippen LogP contribution in [0.15, 0.2) is 22.5 Å². The summed E-state index contributed by atoms with van der Waals surface area (Å²) in [6.45, 7) is 9.12. The first kappa shape index (κ1) is 63.5. The van der Waals surface area contributed by atoms with Crippen molar-refractivity contribution in [2.45, 2.75) is 186 Å². The zero-order valence-corrected chi connectivity index (χ0v) is 44.0. The number of rotatable bonds is 35. The van der Waals surface area contributed by atoms with Crippen LogP contribution in [-0.2, 0) is 44.8 Å². The van der Waals surface area contributed by atoms with E-state index < -0.39 is 102 Å². The lowest BCUT2D eigenvalue weighted by molar-refractivity contribution is -0.143. The monoisotopic (exact) mass is 1050 g/mol. The van der Waals surface area contributed by atoms with E-state index in [9.17, 15) is 43.5 Å². The largest absolute Gasteiger partial charge is 0.480 e. The van der Waals surface area contributed by atoms with Crippen LogP contribution >= 0.6 is 0 Å². The van der Waals surface area contributed by atoms with Crippen molar-refractivity contribution >= 4 is 59.2 Å². The summed E-state index contributed by atoms with van der Waals surface area (Å²) < 4.78 is 0. The topological polar surface area (TPSA) is 451 Å². The number of carboxylic acids is 1. The van der Waals surface area contributed by atoms with Gasteiger partial charge in [-0.1, -0.05) is 66.2 Å². The molecule has 1 heterocycles. The zero-order chi connectivity index (χ0) is 55.3. The Morgan fingerprint density at radius 3 is 1.64 bits per heavy atom. The summed E-state index contributed by atoms with van der Waals surface area (Å²) in [6, 6.07) is -9.52. The van der Waals surface area contributed by atoms with Gasteiger partial charge in [0.25, 0.3) is 0 Å². The Hall–Kier alpha value is -6.57. The maximum absolute atomic E-state index is 14.4. The SMILES string of the molecule is CC[C@@H](C)[C@H](NC(=O)[C@H](CC(C)C)NC(=O)[C@H](CCCN=C(N)N)NC(=O)[C@H](CCCN=C(N)N)NC(=O)[C@H](CCCCN)NC(=O)[C@H](C)NC(=O)[C@@H](N)Cc1cnc[nH]1)C(=O)N[C@@H](CC1CCCCC1)C(=O)O. The third-order valence-electron chi connectivity index (χ3n) is 12.9. The van der Waals surface area contributed by atoms with Gasteiger partial charge in [0.2, 0.25) is 41.4 Å². The number of hydrogen-bond acceptors (Lipinski definition) is 13. The maximum Gasteiger partial charge on any atom is 0.326 e. The van der Waals surface area contributed by atoms with E-state index in [-0.39, 0.29) is 88.2 Å². The van der Waals surface area contributed by atoms with E-state index in [2.05, 4.69) is 57.2 Å². The van der Waals surface area contributed by atoms with Gasteiger partial charge in [-0.25, -0.2) is 9.78 Å². The predicted octanol–water partition coefficient (Wildman–Crippen LogP) is -1.92. The molecular formula is C48H87N17O9. The van der Waals surface area contributed by atoms with E-state index in [1.807, 2.05) is 20.8 Å². The summed E-state index contributed by atoms with van der Waals surface area (Å²) >= 11 is 0. The minimum atomic E-state index is -1.33. The molecule has 74 heavy (non-hydrogen) atoms. The van der Waals surface area contributed by atoms with Crippen molar-refractivity contribution in [3.05, 3.63) is 18.2 Å². The van der Waals surface area contributed by atoms with E-state index in [1.54, 1.807) is 6.92 Å². The molecule has 9 atom stereocenters. The molecule has 1 fully saturated rings. The Morgan fingerprint density at radius 1 is 0.662 bits per heavy atom. The molecule has 26 nitrogen and oxygen atoms in total. The number of hydrogen-bond donors (Lipinski definition) is 15. The molecular weight excluding hydrogens is 959 g/mol. The predicted molar refractivity (Wildman–Crippen MR) is 280 cm³/mol. The van der Waals surface area contributed by atoms with E-state index in [0.29, 0.717) is 31.5 Å². The molecule has 0 bridgehead atoms. The van der Waals surface area contributed by atoms with Crippen molar-refractivity contribution < 1.29 is 43.5 Å². The van der Waals surface area contributed by atoms with Gasteiger partial charge in [-0.2, -0.15) is 0 Å². The van der Waals surface area contributed by atoms with Gasteiger partial charge in [0.1, 0.15) is 42.3 Å². The molecule has 0 aromatic carbocycles. The number of carbonyl (C=O) groups is 8. The van der Waals surface area contributed by atoms with Gasteiger partial charge in [-0.3, -0.25) is 43.5 Å². The first-order valence-corrected chi connectivity index (χ1v) is 26.0. The van der Waals surface area contributed by atoms with E-state index in [0.717, 1.165) is 32.1 Å². The van der Waals surface area contributed by atoms with E-state index >= 15 is 0 Å². The first-order chi connectivity index (χ1) is 35.1. The summed E-state index contributed by atoms with van der Waals surface area (Å²) in [5.74, 6) is -7.02. The summed E-state index contributed by atoms with van der Waals surface area (Å²) in [4.78, 5) is 124. The van der Waals surface area contributed by atoms with Gasteiger partial charge in [0, 0.05) is 31.4 Å². The lowest BCUT2D eigenvalue weighted by Crippen LogP contribution is -2.60. The third-order valence-corrected chi connectivity index (χ3v) is 12.9. The highest BCUT2D eigenvalue weighted by atomic mass is 16.4. The number of carboxylic acid groups (broad SMARTS) is 1. The van der Waals surface area contributed by atoms with Crippen molar-refractivity contribution in [3.8, 4) is 0 Å². The normalized spacial score (nSPS) is 16.3. The van der Waals surface area contributed by atoms with Crippen LogP contribution in [0.5, 0.6) is 0 Å². The van der Waals surface area contributed by atoms with Crippen LogP contribution in [0, 0.1) is 17.8 Å². The summed E-state index contributed by atoms with van der Waals surface area (Å²) in [6.07, 6.45) is 10.0. The molecule has 1 aliphatic carbocycles. The standard InChI is InChI=1S/C48H87N17O9/c1-6-28(4)38(45(72)64-37(46(73)74)23-30-14-8-7-9-15-30)65-44(71)36(22-27(2)3)63-43(70)35(18-13-21-57-48(53)54)62-42(69)34(17-12-20-56-47(51)52)61-41(68)33(16-10-11-19-49)60-39(66)29(5)59-40(67)32(50)24-31-25-55-26-58-31/h25-30,32-38H,6-24,49-50H2,1-5H3,(H,55,58)(H,59,67)(H,60,66)(H,61,68)(H,62,69)(H,63,70)(H,64,72)(H,65,71)(H,73,74)(H4,51,52,56)(H4,53,54,57)/t28-,29+,32+,33+,34+,35+,36+,37+,38+/m1/s1. The number of guanidine groups is 2. The molecule has 2 rings (SSSR count). The molecule has 1 aromatic rings. The maximum atomic E-state index is 14.4. The van der Waals surface area contributed by atoms with Gasteiger partial charge >= 0.3 is 5.97 Å². The van der Waals surface area contributed by atoms with Crippen LogP contribution in [0.1, 0.15) is 137 Å². The Balaban J connectivity index is 2.41. The number of carbonyl (C=O) groups excluding carboxylic acids is 7. The molecule has 0 aliphatic heterocycles. The molecule has 0 unspecified atom stereocenters. The van der Waals surface area contributed by atoms with Crippen LogP contribution in [-0.4, -0.2) is 142 Å². The van der Waals surface area contributed by atoms with Crippen molar-refractivity contribution in [1.82, 2.24) is 47.2 Å². The van der Waals surface area contributed by atoms with Crippen LogP contribution in [0.2, 0.25) is 0 Å². The lowest BCUT2D eigenvalue weighted by Gasteiger charge is -2.30. The van der Waals surface area contributed by atoms with Gasteiger partial charge in [-0.15, -0.1) is 0 Å². The quantitative estimate of drug-likeness (QED) is 0.0200. The molecule has 0 radical (unpaired) electrons. The highest BCUT2D eigenvalue weighted by Gasteiger charge is 2.36. The smallest absolute Gasteiger partial charge is 0.326 e. The van der Waals surface area contributed by atoms with E-state index in [4.69, 9.17) is 34.4 Å². The molecule has 0 saturated heterocycles. The minimum Gasteiger partial charge on any atom is -0.480 e. The fraction of sp³-hybridized carbons (Fsp3) is 0.729. The zero-order valence-electron chi connectivity index (χ0n) is 44.0. The number of aliphatic imine (C=N–C) groups is 2. The highest BCUT2D eigenvalue weighted by molar-refractivity contribution is 5.97. The molecule has 1 aromatic heterocycles. The van der Waals surface area contributed by atoms with Gasteiger partial charge in [-0.05, 0) is 89.0 Å². The highest BCUT2D eigenvalue weighted by Crippen LogP contribution is 2.27. The van der Waals surface area contributed by atoms with Gasteiger partial charge in [0.05, 0.1) is 12.4 Å². The van der Waals surface area contributed by atoms with Gasteiger partial charge in [0.15, 0.2) is 11.9 Å². The minimum absolute atomic E-state index is 0.0400. The average molecular weight is 1050 g/mol. The fourth-order valence-corrected chi connectivity index (χ4v) is 8.43. The fourth-order valence-electron chi connectivity index (χ4n) is 8.43. The number of aromatic nitrogens is 2. The number of unbranched alkanes of at least 4 members (excludes halogenated alkanes) is 1. The molecule has 26 heteroatoms. The number of nitrogens with zero attached hydrogens (tertiary/aromatic N) is 3. The van der Waals surface area contributed by atoms with Crippen molar-refractivity contribution in [2.24, 2.45) is 62.1 Å². The summed E-state index contributed by atoms with van der Waals surface area (Å²) in [5.41, 5.74) is 34.6. The number of aliphatic carboxylic acids is 1. The van der Waals surface area contributed by atoms with Crippen molar-refractivity contribution in [2.75, 3.05) is 19.6 Å². The van der Waals surface area contributed by atoms with E-state index in [1.165, 1.54) is 19.4 Å². The second-order valence-electron chi connectivity index (χ2n) is 19.7. The number of aromatic amines is 1. The van der Waals surface area contributed by atoms with Crippen LogP contribution < -0.4 is 71.6 Å². The Morgan fingerprint density at radius 2 is 1.16 bits per heavy atom. The molecule has 1 saturated carbocycles. The summed E-state index contributed by atoms with van der Waals surface area (Å²) in [5, 5.41) is 29.0. The van der Waals surface area contributed by atoms with Crippen molar-refractivity contribution in [1.29, 1.82) is 0 Å². The number of amides is 7. The average Bonchev–Trinajstić information content (AvgIpc) is 3.86. The van der Waals surface area contributed by atoms with Crippen LogP contribution in [0.3, 0.4) is 0 Å². The third kappa shape index (κ3) is 24.4. The number of nitrogens with two attached hydrogens (primary N) is 6. The molecule has 21 N–H and O–H groups in total. The second kappa shape index (κ2) is 34.0. The lowest BCUT2D eigenvalue weighted by atomic mass is 9.84. The first-order valence-electron chi connectivity index (χ1n) is 26.0. The van der Waals surface area contributed by atoms with Gasteiger partial charge < -0.3 is 81.7 Å². The van der Waals surface area contributed by atoms with Crippen molar-refractivity contribution in [3.63, 3.8) is 0 Å². The Labute approximate surface area is 434 Å². The molecule has 1 aliphatic rings. The van der Waals surface area contributed by atoms with Crippen LogP contribution in [0.25, 0.3) is 0 Å². The molecule has 0 spiro atoms. The molecule has 418 valence electrons. The number of imidazole rings is 1. The molecule has 7 amide bonds. The Kier molecular flexibility index (Phi) is 29.2. The van der Waals surface area contributed by atoms with Crippen LogP contribution in [0.4, 0.5) is 0 Å². The number of H-pyrrole nitrogens is 1. The second-order valence-corrected chi connectivity index (χ2v) is 19.7. The number of nitrogens with one attached hydrogen (secondary N) is 8. The Bertz CT molecular complexity index is 1990. The summed E-state index contributed by atoms with van der Waals surface area (Å²) in [7, 11) is 0.